The van der Waals surface area contributed by atoms with Gasteiger partial charge < -0.3 is 5.11 Å². The lowest BCUT2D eigenvalue weighted by atomic mass is 10.2. The second kappa shape index (κ2) is 8.92. The zero-order valence-electron chi connectivity index (χ0n) is 17.5. The van der Waals surface area contributed by atoms with Gasteiger partial charge in [0.25, 0.3) is 20.0 Å². The van der Waals surface area contributed by atoms with Crippen molar-refractivity contribution in [2.45, 2.75) is 16.7 Å². The summed E-state index contributed by atoms with van der Waals surface area (Å²) in [4.78, 5) is -0.391. The van der Waals surface area contributed by atoms with Crippen LogP contribution in [0, 0.1) is 6.92 Å². The van der Waals surface area contributed by atoms with E-state index in [0.717, 1.165) is 30.0 Å². The maximum atomic E-state index is 12.8. The minimum Gasteiger partial charge on any atom is -0.506 e. The summed E-state index contributed by atoms with van der Waals surface area (Å²) in [5, 5.41) is 10.1. The van der Waals surface area contributed by atoms with E-state index in [4.69, 9.17) is 0 Å². The number of nitrogens with one attached hydrogen (secondary N) is 3. The van der Waals surface area contributed by atoms with Crippen molar-refractivity contribution in [3.63, 3.8) is 0 Å². The summed E-state index contributed by atoms with van der Waals surface area (Å²) >= 11 is 0. The van der Waals surface area contributed by atoms with Crippen LogP contribution in [0.4, 0.5) is 17.1 Å². The Hall–Kier alpha value is -3.29. The Balaban J connectivity index is 1.89. The van der Waals surface area contributed by atoms with E-state index in [9.17, 15) is 30.4 Å². The first-order valence-corrected chi connectivity index (χ1v) is 14.1. The normalized spacial score (nSPS) is 12.2. The molecule has 0 saturated heterocycles. The third-order valence-corrected chi connectivity index (χ3v) is 7.64. The number of phenolic OH excluding ortho intramolecular Hbond substituents is 1. The molecule has 33 heavy (non-hydrogen) atoms. The fourth-order valence-electron chi connectivity index (χ4n) is 2.76. The van der Waals surface area contributed by atoms with E-state index < -0.39 is 35.8 Å². The fourth-order valence-corrected chi connectivity index (χ4v) is 5.46. The molecule has 0 aliphatic carbocycles. The molecule has 0 bridgehead atoms. The highest BCUT2D eigenvalue weighted by Gasteiger charge is 2.20. The molecule has 0 unspecified atom stereocenters. The molecule has 3 aromatic carbocycles. The van der Waals surface area contributed by atoms with Crippen LogP contribution in [-0.4, -0.2) is 36.6 Å². The summed E-state index contributed by atoms with van der Waals surface area (Å²) in [6.07, 6.45) is 0.958. The molecule has 0 aliphatic rings. The number of rotatable bonds is 8. The fraction of sp³-hybridized carbons (Fsp3) is 0.100. The van der Waals surface area contributed by atoms with Gasteiger partial charge in [-0.15, -0.1) is 0 Å². The molecule has 0 saturated carbocycles. The van der Waals surface area contributed by atoms with E-state index in [1.54, 1.807) is 19.1 Å². The van der Waals surface area contributed by atoms with Crippen LogP contribution in [0.2, 0.25) is 0 Å². The van der Waals surface area contributed by atoms with Crippen molar-refractivity contribution in [1.82, 2.24) is 0 Å². The monoisotopic (exact) mass is 511 g/mol. The number of anilines is 3. The number of hydrogen-bond acceptors (Lipinski definition) is 7. The second-order valence-corrected chi connectivity index (χ2v) is 12.3. The minimum atomic E-state index is -4.21. The first-order chi connectivity index (χ1) is 15.2. The lowest BCUT2D eigenvalue weighted by molar-refractivity contribution is 0.477. The molecule has 4 N–H and O–H groups in total. The highest BCUT2D eigenvalue weighted by molar-refractivity contribution is 7.93. The summed E-state index contributed by atoms with van der Waals surface area (Å²) < 4.78 is 80.4. The molecule has 0 spiro atoms. The highest BCUT2D eigenvalue weighted by Crippen LogP contribution is 2.30. The Kier molecular flexibility index (Phi) is 6.58. The number of hydrogen-bond donors (Lipinski definition) is 4. The Morgan fingerprint density at radius 2 is 1.21 bits per heavy atom. The number of aryl methyl sites for hydroxylation is 1. The van der Waals surface area contributed by atoms with Crippen molar-refractivity contribution >= 4 is 47.1 Å². The summed E-state index contributed by atoms with van der Waals surface area (Å²) in [7, 11) is -11.9. The largest absolute Gasteiger partial charge is 0.506 e. The molecule has 0 aliphatic heterocycles. The molecule has 0 aromatic heterocycles. The minimum absolute atomic E-state index is 0.0610. The average Bonchev–Trinajstić information content (AvgIpc) is 2.68. The smallest absolute Gasteiger partial charge is 0.262 e. The van der Waals surface area contributed by atoms with Crippen molar-refractivity contribution < 1.29 is 30.4 Å². The second-order valence-electron chi connectivity index (χ2n) is 7.16. The topological polar surface area (TPSA) is 159 Å². The van der Waals surface area contributed by atoms with Crippen LogP contribution in [0.5, 0.6) is 5.75 Å². The quantitative estimate of drug-likeness (QED) is 0.338. The predicted molar refractivity (Wildman–Crippen MR) is 126 cm³/mol. The maximum absolute atomic E-state index is 12.8. The number of benzene rings is 3. The van der Waals surface area contributed by atoms with Crippen LogP contribution in [0.25, 0.3) is 0 Å². The number of sulfonamides is 3. The maximum Gasteiger partial charge on any atom is 0.262 e. The number of aromatic hydroxyl groups is 1. The molecule has 0 fully saturated rings. The van der Waals surface area contributed by atoms with Gasteiger partial charge >= 0.3 is 0 Å². The van der Waals surface area contributed by atoms with Gasteiger partial charge in [0.05, 0.1) is 33.1 Å². The first kappa shape index (κ1) is 24.4. The summed E-state index contributed by atoms with van der Waals surface area (Å²) in [5.41, 5.74) is 0.742. The molecule has 0 heterocycles. The zero-order valence-corrected chi connectivity index (χ0v) is 19.9. The van der Waals surface area contributed by atoms with Crippen LogP contribution >= 0.6 is 0 Å². The molecular formula is C20H21N3O7S3. The Bertz CT molecular complexity index is 1500. The van der Waals surface area contributed by atoms with Crippen LogP contribution < -0.4 is 14.2 Å². The van der Waals surface area contributed by atoms with Crippen molar-refractivity contribution in [3.8, 4) is 5.75 Å². The van der Waals surface area contributed by atoms with Crippen LogP contribution in [0.15, 0.2) is 76.5 Å². The molecule has 0 amide bonds. The summed E-state index contributed by atoms with van der Waals surface area (Å²) in [5.74, 6) is -0.469. The Labute approximate surface area is 192 Å². The van der Waals surface area contributed by atoms with Gasteiger partial charge in [0.15, 0.2) is 0 Å². The highest BCUT2D eigenvalue weighted by atomic mass is 32.2. The van der Waals surface area contributed by atoms with Gasteiger partial charge in [0, 0.05) is 0 Å². The van der Waals surface area contributed by atoms with Crippen molar-refractivity contribution in [2.24, 2.45) is 0 Å². The van der Waals surface area contributed by atoms with Crippen molar-refractivity contribution in [2.75, 3.05) is 20.4 Å². The van der Waals surface area contributed by atoms with Crippen LogP contribution in [-0.2, 0) is 30.1 Å². The standard InChI is InChI=1S/C20H21N3O7S3/c1-14-6-8-17(9-7-14)32(27,28)23-19-13-18(10-11-20(19)24)33(29,30)22-16-5-3-4-15(12-16)21-31(2,25)26/h3-13,21-24H,1-2H3. The predicted octanol–water partition coefficient (Wildman–Crippen LogP) is 2.67. The Morgan fingerprint density at radius 3 is 1.82 bits per heavy atom. The van der Waals surface area contributed by atoms with Gasteiger partial charge in [-0.1, -0.05) is 23.8 Å². The van der Waals surface area contributed by atoms with Gasteiger partial charge in [-0.05, 0) is 55.5 Å². The lowest BCUT2D eigenvalue weighted by Crippen LogP contribution is -2.16. The van der Waals surface area contributed by atoms with Gasteiger partial charge in [-0.2, -0.15) is 0 Å². The molecule has 10 nitrogen and oxygen atoms in total. The average molecular weight is 512 g/mol. The van der Waals surface area contributed by atoms with Crippen LogP contribution in [0.3, 0.4) is 0 Å². The molecule has 0 radical (unpaired) electrons. The van der Waals surface area contributed by atoms with E-state index in [2.05, 4.69) is 14.2 Å². The van der Waals surface area contributed by atoms with Gasteiger partial charge in [-0.3, -0.25) is 14.2 Å². The number of phenols is 1. The first-order valence-electron chi connectivity index (χ1n) is 9.28. The molecule has 3 rings (SSSR count). The summed E-state index contributed by atoms with van der Waals surface area (Å²) in [6, 6.07) is 14.7. The van der Waals surface area contributed by atoms with E-state index in [0.29, 0.717) is 0 Å². The molecule has 13 heteroatoms. The lowest BCUT2D eigenvalue weighted by Gasteiger charge is -2.13. The van der Waals surface area contributed by atoms with E-state index >= 15 is 0 Å². The molecule has 176 valence electrons. The third-order valence-electron chi connectivity index (χ3n) is 4.27. The van der Waals surface area contributed by atoms with Gasteiger partial charge in [0.1, 0.15) is 5.75 Å². The van der Waals surface area contributed by atoms with E-state index in [1.165, 1.54) is 36.4 Å². The van der Waals surface area contributed by atoms with Crippen molar-refractivity contribution in [3.05, 3.63) is 72.3 Å². The SMILES string of the molecule is Cc1ccc(S(=O)(=O)Nc2cc(S(=O)(=O)Nc3cccc(NS(C)(=O)=O)c3)ccc2O)cc1. The third kappa shape index (κ3) is 6.37. The molecular weight excluding hydrogens is 490 g/mol. The van der Waals surface area contributed by atoms with Crippen molar-refractivity contribution in [1.29, 1.82) is 0 Å². The van der Waals surface area contributed by atoms with E-state index in [-0.39, 0.29) is 26.9 Å². The Morgan fingerprint density at radius 1 is 0.667 bits per heavy atom. The van der Waals surface area contributed by atoms with Crippen LogP contribution in [0.1, 0.15) is 5.56 Å². The van der Waals surface area contributed by atoms with E-state index in [1.807, 2.05) is 0 Å². The molecule has 3 aromatic rings. The molecule has 0 atom stereocenters. The zero-order chi connectivity index (χ0) is 24.4. The van der Waals surface area contributed by atoms with Gasteiger partial charge in [-0.25, -0.2) is 25.3 Å². The summed E-state index contributed by atoms with van der Waals surface area (Å²) in [6.45, 7) is 1.80. The van der Waals surface area contributed by atoms with Gasteiger partial charge in [0.2, 0.25) is 10.0 Å².